The summed E-state index contributed by atoms with van der Waals surface area (Å²) in [4.78, 5) is 3.73. The highest BCUT2D eigenvalue weighted by Crippen LogP contribution is 2.35. The van der Waals surface area contributed by atoms with Crippen molar-refractivity contribution in [2.24, 2.45) is 11.7 Å². The molecule has 0 radical (unpaired) electrons. The van der Waals surface area contributed by atoms with E-state index in [1.807, 2.05) is 0 Å². The van der Waals surface area contributed by atoms with Crippen molar-refractivity contribution in [2.45, 2.75) is 19.5 Å². The molecule has 1 aliphatic rings. The van der Waals surface area contributed by atoms with Gasteiger partial charge in [0, 0.05) is 30.6 Å². The van der Waals surface area contributed by atoms with Crippen molar-refractivity contribution in [3.63, 3.8) is 0 Å². The Morgan fingerprint density at radius 3 is 2.88 bits per heavy atom. The molecule has 0 aromatic carbocycles. The molecule has 3 nitrogen and oxygen atoms in total. The Morgan fingerprint density at radius 1 is 1.62 bits per heavy atom. The maximum Gasteiger partial charge on any atom is 0.188 e. The summed E-state index contributed by atoms with van der Waals surface area (Å²) in [6.07, 6.45) is 0. The van der Waals surface area contributed by atoms with Gasteiger partial charge in [0.05, 0.1) is 11.6 Å². The highest BCUT2D eigenvalue weighted by Gasteiger charge is 2.26. The lowest BCUT2D eigenvalue weighted by molar-refractivity contribution is 0.322. The molecule has 0 spiro atoms. The van der Waals surface area contributed by atoms with Gasteiger partial charge in [-0.2, -0.15) is 0 Å². The summed E-state index contributed by atoms with van der Waals surface area (Å²) in [7, 11) is 1.70. The Kier molecular flexibility index (Phi) is 3.89. The van der Waals surface area contributed by atoms with Gasteiger partial charge >= 0.3 is 0 Å². The molecule has 2 atom stereocenters. The maximum atomic E-state index is 6.01. The molecule has 1 aromatic rings. The molecule has 0 amide bonds. The molecule has 1 fully saturated rings. The minimum atomic E-state index is 0.324. The van der Waals surface area contributed by atoms with Gasteiger partial charge in [0.2, 0.25) is 0 Å². The smallest absolute Gasteiger partial charge is 0.188 e. The molecule has 16 heavy (non-hydrogen) atoms. The lowest BCUT2D eigenvalue weighted by atomic mass is 10.1. The van der Waals surface area contributed by atoms with Gasteiger partial charge in [-0.3, -0.25) is 4.90 Å². The number of methoxy groups -OCH3 is 1. The topological polar surface area (TPSA) is 38.5 Å². The summed E-state index contributed by atoms with van der Waals surface area (Å²) < 4.78 is 6.31. The molecular formula is C11H17BrN2OS. The number of likely N-dealkylation sites (tertiary alicyclic amines) is 1. The van der Waals surface area contributed by atoms with Gasteiger partial charge in [0.25, 0.3) is 0 Å². The monoisotopic (exact) mass is 304 g/mol. The molecule has 1 aromatic heterocycles. The second-order valence-corrected chi connectivity index (χ2v) is 6.34. The molecular weight excluding hydrogens is 288 g/mol. The summed E-state index contributed by atoms with van der Waals surface area (Å²) in [6.45, 7) is 5.29. The molecule has 90 valence electrons. The summed E-state index contributed by atoms with van der Waals surface area (Å²) in [6, 6.07) is 2.46. The minimum Gasteiger partial charge on any atom is -0.486 e. The molecule has 5 heteroatoms. The average molecular weight is 305 g/mol. The second kappa shape index (κ2) is 5.04. The van der Waals surface area contributed by atoms with Crippen molar-refractivity contribution in [2.75, 3.05) is 20.2 Å². The molecule has 2 rings (SSSR count). The number of thiophene rings is 1. The van der Waals surface area contributed by atoms with Gasteiger partial charge in [-0.15, -0.1) is 11.3 Å². The van der Waals surface area contributed by atoms with Crippen LogP contribution in [0.2, 0.25) is 0 Å². The number of ether oxygens (including phenoxy) is 1. The van der Waals surface area contributed by atoms with E-state index in [0.29, 0.717) is 12.0 Å². The predicted molar refractivity (Wildman–Crippen MR) is 71.0 cm³/mol. The number of rotatable bonds is 3. The number of hydrogen-bond acceptors (Lipinski definition) is 4. The molecule has 1 aliphatic heterocycles. The van der Waals surface area contributed by atoms with Crippen LogP contribution in [-0.4, -0.2) is 31.1 Å². The Hall–Kier alpha value is -0.100. The minimum absolute atomic E-state index is 0.324. The van der Waals surface area contributed by atoms with Crippen molar-refractivity contribution >= 4 is 27.3 Å². The molecule has 2 N–H and O–H groups in total. The van der Waals surface area contributed by atoms with Crippen LogP contribution in [0, 0.1) is 5.92 Å². The first-order valence-electron chi connectivity index (χ1n) is 5.40. The predicted octanol–water partition coefficient (Wildman–Crippen LogP) is 2.30. The van der Waals surface area contributed by atoms with E-state index in [9.17, 15) is 0 Å². The maximum absolute atomic E-state index is 6.01. The van der Waals surface area contributed by atoms with E-state index in [1.54, 1.807) is 18.4 Å². The van der Waals surface area contributed by atoms with E-state index in [-0.39, 0.29) is 0 Å². The fourth-order valence-corrected chi connectivity index (χ4v) is 3.79. The van der Waals surface area contributed by atoms with Crippen LogP contribution >= 0.6 is 27.3 Å². The second-order valence-electron chi connectivity index (χ2n) is 4.39. The molecule has 0 aliphatic carbocycles. The van der Waals surface area contributed by atoms with Gasteiger partial charge in [-0.25, -0.2) is 0 Å². The van der Waals surface area contributed by atoms with Crippen molar-refractivity contribution in [1.29, 1.82) is 0 Å². The van der Waals surface area contributed by atoms with Crippen LogP contribution in [0.25, 0.3) is 0 Å². The summed E-state index contributed by atoms with van der Waals surface area (Å²) in [5.74, 6) is 0.602. The Labute approximate surface area is 109 Å². The van der Waals surface area contributed by atoms with Crippen LogP contribution in [0.3, 0.4) is 0 Å². The first-order valence-corrected chi connectivity index (χ1v) is 7.01. The molecule has 0 bridgehead atoms. The van der Waals surface area contributed by atoms with Gasteiger partial charge in [0.15, 0.2) is 5.06 Å². The standard InChI is InChI=1S/C11H17BrN2OS/c1-7-4-14(6-10(7)13)5-8-3-9(12)11(15-2)16-8/h3,7,10H,4-6,13H2,1-2H3. The van der Waals surface area contributed by atoms with Crippen LogP contribution in [-0.2, 0) is 6.54 Å². The highest BCUT2D eigenvalue weighted by atomic mass is 79.9. The first-order chi connectivity index (χ1) is 7.60. The summed E-state index contributed by atoms with van der Waals surface area (Å²) in [5.41, 5.74) is 6.01. The third-order valence-electron chi connectivity index (χ3n) is 3.02. The third-order valence-corrected chi connectivity index (χ3v) is 4.95. The summed E-state index contributed by atoms with van der Waals surface area (Å²) in [5, 5.41) is 0.951. The number of nitrogens with zero attached hydrogens (tertiary/aromatic N) is 1. The van der Waals surface area contributed by atoms with Crippen LogP contribution < -0.4 is 10.5 Å². The van der Waals surface area contributed by atoms with E-state index >= 15 is 0 Å². The molecule has 0 saturated carbocycles. The van der Waals surface area contributed by atoms with Crippen molar-refractivity contribution in [3.8, 4) is 5.06 Å². The Balaban J connectivity index is 1.99. The Bertz CT molecular complexity index is 359. The zero-order chi connectivity index (χ0) is 11.7. The van der Waals surface area contributed by atoms with Crippen molar-refractivity contribution in [3.05, 3.63) is 15.4 Å². The average Bonchev–Trinajstić information content (AvgIpc) is 2.72. The van der Waals surface area contributed by atoms with E-state index in [1.165, 1.54) is 4.88 Å². The van der Waals surface area contributed by atoms with Gasteiger partial charge in [-0.05, 0) is 27.9 Å². The number of nitrogens with two attached hydrogens (primary N) is 1. The van der Waals surface area contributed by atoms with Gasteiger partial charge < -0.3 is 10.5 Å². The molecule has 2 unspecified atom stereocenters. The van der Waals surface area contributed by atoms with Crippen molar-refractivity contribution in [1.82, 2.24) is 4.90 Å². The molecule has 1 saturated heterocycles. The zero-order valence-electron chi connectivity index (χ0n) is 9.57. The first kappa shape index (κ1) is 12.4. The Morgan fingerprint density at radius 2 is 2.38 bits per heavy atom. The van der Waals surface area contributed by atoms with Crippen molar-refractivity contribution < 1.29 is 4.74 Å². The fourth-order valence-electron chi connectivity index (χ4n) is 2.06. The zero-order valence-corrected chi connectivity index (χ0v) is 12.0. The lowest BCUT2D eigenvalue weighted by Gasteiger charge is -2.13. The van der Waals surface area contributed by atoms with Gasteiger partial charge in [-0.1, -0.05) is 6.92 Å². The SMILES string of the molecule is COc1sc(CN2CC(C)C(N)C2)cc1Br. The highest BCUT2D eigenvalue weighted by molar-refractivity contribution is 9.10. The number of halogens is 1. The lowest BCUT2D eigenvalue weighted by Crippen LogP contribution is -2.28. The molecule has 2 heterocycles. The third kappa shape index (κ3) is 2.59. The summed E-state index contributed by atoms with van der Waals surface area (Å²) >= 11 is 5.19. The van der Waals surface area contributed by atoms with Crippen LogP contribution in [0.4, 0.5) is 0 Å². The quantitative estimate of drug-likeness (QED) is 0.931. The van der Waals surface area contributed by atoms with E-state index in [0.717, 1.165) is 29.2 Å². The fraction of sp³-hybridized carbons (Fsp3) is 0.636. The van der Waals surface area contributed by atoms with Crippen LogP contribution in [0.15, 0.2) is 10.5 Å². The van der Waals surface area contributed by atoms with Crippen LogP contribution in [0.5, 0.6) is 5.06 Å². The number of hydrogen-bond donors (Lipinski definition) is 1. The van der Waals surface area contributed by atoms with Gasteiger partial charge in [0.1, 0.15) is 0 Å². The van der Waals surface area contributed by atoms with E-state index < -0.39 is 0 Å². The largest absolute Gasteiger partial charge is 0.486 e. The normalized spacial score (nSPS) is 26.2. The van der Waals surface area contributed by atoms with Crippen LogP contribution in [0.1, 0.15) is 11.8 Å². The van der Waals surface area contributed by atoms with E-state index in [4.69, 9.17) is 10.5 Å². The van der Waals surface area contributed by atoms with E-state index in [2.05, 4.69) is 33.8 Å².